The first-order valence-electron chi connectivity index (χ1n) is 13.4. The number of amides is 1. The molecule has 5 nitrogen and oxygen atoms in total. The van der Waals surface area contributed by atoms with Crippen LogP contribution in [-0.2, 0) is 22.6 Å². The number of imidazole rings is 1. The third kappa shape index (κ3) is 6.73. The zero-order chi connectivity index (χ0) is 27.2. The van der Waals surface area contributed by atoms with Crippen LogP contribution in [0.1, 0.15) is 57.5 Å². The minimum Gasteiger partial charge on any atom is -0.325 e. The maximum absolute atomic E-state index is 13.2. The van der Waals surface area contributed by atoms with Crippen LogP contribution in [0.3, 0.4) is 0 Å². The molecule has 38 heavy (non-hydrogen) atoms. The molecule has 0 saturated carbocycles. The van der Waals surface area contributed by atoms with Crippen molar-refractivity contribution >= 4 is 39.5 Å². The van der Waals surface area contributed by atoms with E-state index in [1.54, 1.807) is 0 Å². The number of hydrogen-bond donors (Lipinski definition) is 1. The predicted octanol–water partition coefficient (Wildman–Crippen LogP) is 7.65. The Hall–Kier alpha value is -3.38. The van der Waals surface area contributed by atoms with Crippen LogP contribution in [0.5, 0.6) is 0 Å². The standard InChI is InChI=1S/C32H37N3O2S/c1-6-10-30-34-31-22(4)18-27(33-32(37)29(17-21(2)3)38-23(5)36)19-28(31)35(30)20-24-13-15-26(16-14-24)25-11-8-7-9-12-25/h7-9,11-16,18-19,21,29H,6,10,17,20H2,1-5H3,(H,33,37)/t29-/m0/s1. The second-order valence-corrected chi connectivity index (χ2v) is 11.7. The van der Waals surface area contributed by atoms with Crippen molar-refractivity contribution in [1.82, 2.24) is 9.55 Å². The minimum absolute atomic E-state index is 0.0435. The number of nitrogens with zero attached hydrogens (tertiary/aromatic N) is 2. The molecule has 1 amide bonds. The summed E-state index contributed by atoms with van der Waals surface area (Å²) in [4.78, 5) is 29.9. The number of thioether (sulfide) groups is 1. The van der Waals surface area contributed by atoms with Gasteiger partial charge in [0, 0.05) is 25.6 Å². The summed E-state index contributed by atoms with van der Waals surface area (Å²) in [6.45, 7) is 10.6. The van der Waals surface area contributed by atoms with Crippen molar-refractivity contribution in [2.75, 3.05) is 5.32 Å². The first kappa shape index (κ1) is 27.6. The lowest BCUT2D eigenvalue weighted by Gasteiger charge is -2.17. The second kappa shape index (κ2) is 12.4. The summed E-state index contributed by atoms with van der Waals surface area (Å²) in [5, 5.41) is 2.64. The molecule has 198 valence electrons. The van der Waals surface area contributed by atoms with E-state index in [1.165, 1.54) is 23.6 Å². The Balaban J connectivity index is 1.65. The van der Waals surface area contributed by atoms with Crippen LogP contribution in [-0.4, -0.2) is 25.8 Å². The summed E-state index contributed by atoms with van der Waals surface area (Å²) in [6, 6.07) is 23.1. The summed E-state index contributed by atoms with van der Waals surface area (Å²) in [5.74, 6) is 1.23. The summed E-state index contributed by atoms with van der Waals surface area (Å²) < 4.78 is 2.27. The number of aryl methyl sites for hydroxylation is 2. The van der Waals surface area contributed by atoms with Gasteiger partial charge in [-0.1, -0.05) is 87.1 Å². The Kier molecular flexibility index (Phi) is 9.05. The lowest BCUT2D eigenvalue weighted by atomic mass is 10.0. The van der Waals surface area contributed by atoms with Crippen LogP contribution in [0.4, 0.5) is 5.69 Å². The summed E-state index contributed by atoms with van der Waals surface area (Å²) in [7, 11) is 0. The van der Waals surface area contributed by atoms with E-state index in [0.717, 1.165) is 52.7 Å². The molecule has 4 rings (SSSR count). The van der Waals surface area contributed by atoms with Gasteiger partial charge in [0.2, 0.25) is 5.91 Å². The van der Waals surface area contributed by atoms with Gasteiger partial charge in [-0.15, -0.1) is 0 Å². The molecule has 0 aliphatic rings. The van der Waals surface area contributed by atoms with Crippen LogP contribution < -0.4 is 5.32 Å². The van der Waals surface area contributed by atoms with Crippen molar-refractivity contribution in [2.45, 2.75) is 65.7 Å². The monoisotopic (exact) mass is 527 g/mol. The molecular weight excluding hydrogens is 490 g/mol. The minimum atomic E-state index is -0.410. The second-order valence-electron chi connectivity index (χ2n) is 10.3. The molecule has 4 aromatic rings. The van der Waals surface area contributed by atoms with Gasteiger partial charge in [-0.3, -0.25) is 9.59 Å². The molecule has 1 atom stereocenters. The van der Waals surface area contributed by atoms with E-state index in [9.17, 15) is 9.59 Å². The van der Waals surface area contributed by atoms with E-state index in [0.29, 0.717) is 18.9 Å². The molecule has 0 saturated heterocycles. The lowest BCUT2D eigenvalue weighted by molar-refractivity contribution is -0.116. The largest absolute Gasteiger partial charge is 0.325 e. The van der Waals surface area contributed by atoms with E-state index < -0.39 is 5.25 Å². The normalized spacial score (nSPS) is 12.2. The highest BCUT2D eigenvalue weighted by molar-refractivity contribution is 8.14. The molecule has 3 aromatic carbocycles. The zero-order valence-electron chi connectivity index (χ0n) is 23.0. The molecule has 0 unspecified atom stereocenters. The van der Waals surface area contributed by atoms with Crippen molar-refractivity contribution in [3.63, 3.8) is 0 Å². The molecule has 1 heterocycles. The van der Waals surface area contributed by atoms with E-state index in [-0.39, 0.29) is 11.0 Å². The van der Waals surface area contributed by atoms with Gasteiger partial charge in [0.15, 0.2) is 5.12 Å². The highest BCUT2D eigenvalue weighted by atomic mass is 32.2. The van der Waals surface area contributed by atoms with Crippen molar-refractivity contribution in [2.24, 2.45) is 5.92 Å². The zero-order valence-corrected chi connectivity index (χ0v) is 23.8. The van der Waals surface area contributed by atoms with Gasteiger partial charge in [-0.05, 0) is 60.1 Å². The smallest absolute Gasteiger partial charge is 0.237 e. The fraction of sp³-hybridized carbons (Fsp3) is 0.344. The number of benzene rings is 3. The third-order valence-corrected chi connectivity index (χ3v) is 7.58. The SMILES string of the molecule is CCCc1nc2c(C)cc(NC(=O)[C@H](CC(C)C)SC(C)=O)cc2n1Cc1ccc(-c2ccccc2)cc1. The van der Waals surface area contributed by atoms with Crippen molar-refractivity contribution in [1.29, 1.82) is 0 Å². The quantitative estimate of drug-likeness (QED) is 0.230. The number of aromatic nitrogens is 2. The molecule has 0 aliphatic carbocycles. The number of fused-ring (bicyclic) bond motifs is 1. The topological polar surface area (TPSA) is 64.0 Å². The highest BCUT2D eigenvalue weighted by Gasteiger charge is 2.23. The maximum Gasteiger partial charge on any atom is 0.237 e. The summed E-state index contributed by atoms with van der Waals surface area (Å²) >= 11 is 1.11. The van der Waals surface area contributed by atoms with E-state index in [1.807, 2.05) is 25.1 Å². The van der Waals surface area contributed by atoms with Crippen molar-refractivity contribution in [3.05, 3.63) is 83.7 Å². The van der Waals surface area contributed by atoms with E-state index in [4.69, 9.17) is 4.98 Å². The van der Waals surface area contributed by atoms with Gasteiger partial charge in [0.25, 0.3) is 0 Å². The van der Waals surface area contributed by atoms with Crippen LogP contribution in [0.25, 0.3) is 22.2 Å². The molecule has 0 fully saturated rings. The molecule has 1 aromatic heterocycles. The number of carbonyl (C=O) groups is 2. The Morgan fingerprint density at radius 2 is 1.68 bits per heavy atom. The summed E-state index contributed by atoms with van der Waals surface area (Å²) in [6.07, 6.45) is 2.52. The van der Waals surface area contributed by atoms with Crippen LogP contribution in [0.2, 0.25) is 0 Å². The average molecular weight is 528 g/mol. The molecule has 0 aliphatic heterocycles. The third-order valence-electron chi connectivity index (χ3n) is 6.55. The summed E-state index contributed by atoms with van der Waals surface area (Å²) in [5.41, 5.74) is 7.32. The Bertz CT molecular complexity index is 1410. The van der Waals surface area contributed by atoms with Gasteiger partial charge in [0.05, 0.1) is 16.3 Å². The Morgan fingerprint density at radius 3 is 2.32 bits per heavy atom. The van der Waals surface area contributed by atoms with Crippen LogP contribution in [0, 0.1) is 12.8 Å². The Morgan fingerprint density at radius 1 is 1.00 bits per heavy atom. The number of nitrogens with one attached hydrogen (secondary N) is 1. The molecule has 0 spiro atoms. The molecule has 0 radical (unpaired) electrons. The van der Waals surface area contributed by atoms with Gasteiger partial charge in [-0.25, -0.2) is 4.98 Å². The molecule has 6 heteroatoms. The lowest BCUT2D eigenvalue weighted by Crippen LogP contribution is -2.27. The van der Waals surface area contributed by atoms with Gasteiger partial charge in [-0.2, -0.15) is 0 Å². The fourth-order valence-electron chi connectivity index (χ4n) is 4.78. The number of hydrogen-bond acceptors (Lipinski definition) is 4. The number of carbonyl (C=O) groups excluding carboxylic acids is 2. The van der Waals surface area contributed by atoms with E-state index in [2.05, 4.69) is 79.2 Å². The van der Waals surface area contributed by atoms with E-state index >= 15 is 0 Å². The Labute approximate surface area is 230 Å². The molecular formula is C32H37N3O2S. The van der Waals surface area contributed by atoms with Crippen LogP contribution >= 0.6 is 11.8 Å². The average Bonchev–Trinajstić information content (AvgIpc) is 3.21. The number of rotatable bonds is 10. The first-order valence-corrected chi connectivity index (χ1v) is 14.2. The van der Waals surface area contributed by atoms with Crippen LogP contribution in [0.15, 0.2) is 66.7 Å². The van der Waals surface area contributed by atoms with Crippen molar-refractivity contribution in [3.8, 4) is 11.1 Å². The first-order chi connectivity index (χ1) is 18.2. The van der Waals surface area contributed by atoms with Gasteiger partial charge >= 0.3 is 0 Å². The molecule has 1 N–H and O–H groups in total. The maximum atomic E-state index is 13.2. The number of anilines is 1. The fourth-order valence-corrected chi connectivity index (χ4v) is 5.83. The highest BCUT2D eigenvalue weighted by Crippen LogP contribution is 2.28. The van der Waals surface area contributed by atoms with Crippen molar-refractivity contribution < 1.29 is 9.59 Å². The van der Waals surface area contributed by atoms with Gasteiger partial charge < -0.3 is 9.88 Å². The van der Waals surface area contributed by atoms with Gasteiger partial charge in [0.1, 0.15) is 5.82 Å². The molecule has 0 bridgehead atoms. The predicted molar refractivity (Wildman–Crippen MR) is 160 cm³/mol.